The van der Waals surface area contributed by atoms with Crippen molar-refractivity contribution >= 4 is 74.4 Å². The van der Waals surface area contributed by atoms with Crippen LogP contribution in [0.2, 0.25) is 0 Å². The SMILES string of the molecule is CC1[C@@H]2OC[C@]1(CO)O[C@H]2n1cnc2c(N)ncnc21.Nc1ncnc2c1ncn2[C@@H]1O[C@@]2(CO)CO[C@H]1C2O.Nc1ncnc2c1ncn2[C@@H]1O[C@@]2(COP(=O)(O)OP(=O)(O)OP(=O)(O)O)CO[C@H]1C2O. The van der Waals surface area contributed by atoms with Gasteiger partial charge in [-0.05, 0) is 0 Å². The minimum Gasteiger partial charge on any atom is -0.393 e. The van der Waals surface area contributed by atoms with E-state index >= 15 is 0 Å². The van der Waals surface area contributed by atoms with Crippen molar-refractivity contribution < 1.29 is 95.3 Å². The second-order valence-electron chi connectivity index (χ2n) is 17.2. The Kier molecular flexibility index (Phi) is 12.8. The molecule has 6 aromatic rings. The van der Waals surface area contributed by atoms with Crippen LogP contribution < -0.4 is 17.2 Å². The van der Waals surface area contributed by atoms with Gasteiger partial charge < -0.3 is 85.6 Å². The minimum absolute atomic E-state index is 0.0646. The summed E-state index contributed by atoms with van der Waals surface area (Å²) in [6, 6.07) is 0. The van der Waals surface area contributed by atoms with Gasteiger partial charge in [0.1, 0.15) is 82.9 Å². The maximum Gasteiger partial charge on any atom is 0.490 e. The van der Waals surface area contributed by atoms with Gasteiger partial charge in [-0.25, -0.2) is 58.6 Å². The molecule has 72 heavy (non-hydrogen) atoms. The number of fused-ring (bicyclic) bond motifs is 9. The molecule has 0 aliphatic carbocycles. The summed E-state index contributed by atoms with van der Waals surface area (Å²) in [6.45, 7) is 1.04. The summed E-state index contributed by atoms with van der Waals surface area (Å²) >= 11 is 0. The normalized spacial score (nSPS) is 34.0. The first-order valence-corrected chi connectivity index (χ1v) is 25.6. The molecule has 14 atom stereocenters. The topological polar surface area (TPSA) is 505 Å². The number of hydrogen-bond donors (Lipinski definition) is 11. The third kappa shape index (κ3) is 8.61. The van der Waals surface area contributed by atoms with Crippen molar-refractivity contribution in [3.05, 3.63) is 38.0 Å². The Bertz CT molecular complexity index is 3070. The monoisotopic (exact) mass is 1080 g/mol. The molecule has 0 aromatic carbocycles. The van der Waals surface area contributed by atoms with Crippen molar-refractivity contribution in [3.63, 3.8) is 0 Å². The molecule has 35 nitrogen and oxygen atoms in total. The zero-order chi connectivity index (χ0) is 51.3. The van der Waals surface area contributed by atoms with Gasteiger partial charge in [0, 0.05) is 5.92 Å². The summed E-state index contributed by atoms with van der Waals surface area (Å²) in [6.07, 6.45) is 2.43. The number of phosphoric ester groups is 1. The molecule has 0 saturated carbocycles. The lowest BCUT2D eigenvalue weighted by Gasteiger charge is -2.31. The van der Waals surface area contributed by atoms with Gasteiger partial charge in [0.2, 0.25) is 0 Å². The zero-order valence-electron chi connectivity index (χ0n) is 36.8. The fourth-order valence-corrected chi connectivity index (χ4v) is 12.3. The van der Waals surface area contributed by atoms with Crippen molar-refractivity contribution in [1.82, 2.24) is 58.6 Å². The second-order valence-corrected chi connectivity index (χ2v) is 21.6. The molecule has 5 unspecified atom stereocenters. The number of rotatable bonds is 12. The summed E-state index contributed by atoms with van der Waals surface area (Å²) in [5, 5.41) is 39.8. The molecule has 0 radical (unpaired) electrons. The number of aliphatic hydroxyl groups is 4. The molecule has 0 spiro atoms. The average molecular weight is 1080 g/mol. The number of aliphatic hydroxyl groups excluding tert-OH is 4. The van der Waals surface area contributed by atoms with Crippen molar-refractivity contribution in [2.75, 3.05) is 56.8 Å². The Balaban J connectivity index is 0.000000130. The van der Waals surface area contributed by atoms with Crippen LogP contribution in [0.15, 0.2) is 38.0 Å². The van der Waals surface area contributed by atoms with Crippen LogP contribution in [0.3, 0.4) is 0 Å². The van der Waals surface area contributed by atoms with Crippen LogP contribution in [0.4, 0.5) is 17.5 Å². The summed E-state index contributed by atoms with van der Waals surface area (Å²) < 4.78 is 85.3. The third-order valence-electron chi connectivity index (χ3n) is 12.9. The Morgan fingerprint density at radius 3 is 1.40 bits per heavy atom. The van der Waals surface area contributed by atoms with Gasteiger partial charge >= 0.3 is 23.5 Å². The van der Waals surface area contributed by atoms with Crippen LogP contribution in [0.5, 0.6) is 0 Å². The van der Waals surface area contributed by atoms with E-state index in [1.54, 1.807) is 15.5 Å². The number of nitrogens with two attached hydrogens (primary N) is 3. The van der Waals surface area contributed by atoms with Gasteiger partial charge in [-0.15, -0.1) is 0 Å². The van der Waals surface area contributed by atoms with Gasteiger partial charge in [-0.3, -0.25) is 18.2 Å². The highest BCUT2D eigenvalue weighted by atomic mass is 31.3. The van der Waals surface area contributed by atoms with Gasteiger partial charge in [0.05, 0.1) is 58.6 Å². The predicted molar refractivity (Wildman–Crippen MR) is 232 cm³/mol. The molecular formula is C34H44N15O20P3. The third-order valence-corrected chi connectivity index (χ3v) is 16.7. The number of ether oxygens (including phenoxy) is 6. The Morgan fingerprint density at radius 2 is 0.972 bits per heavy atom. The molecule has 12 rings (SSSR count). The number of phosphoric acid groups is 3. The van der Waals surface area contributed by atoms with E-state index in [9.17, 15) is 43.9 Å². The first kappa shape index (κ1) is 50.6. The van der Waals surface area contributed by atoms with Crippen LogP contribution >= 0.6 is 23.5 Å². The number of anilines is 3. The first-order valence-electron chi connectivity index (χ1n) is 21.1. The minimum atomic E-state index is -5.69. The van der Waals surface area contributed by atoms with Crippen LogP contribution in [0.1, 0.15) is 25.6 Å². The Labute approximate surface area is 401 Å². The Morgan fingerprint density at radius 1 is 0.583 bits per heavy atom. The van der Waals surface area contributed by atoms with Gasteiger partial charge in [-0.2, -0.15) is 8.62 Å². The lowest BCUT2D eigenvalue weighted by Crippen LogP contribution is -2.44. The molecule has 6 aliphatic heterocycles. The van der Waals surface area contributed by atoms with E-state index in [2.05, 4.69) is 58.0 Å². The summed E-state index contributed by atoms with van der Waals surface area (Å²) in [7, 11) is -16.7. The fourth-order valence-electron chi connectivity index (χ4n) is 9.19. The molecule has 12 heterocycles. The van der Waals surface area contributed by atoms with E-state index in [0.717, 1.165) is 0 Å². The highest BCUT2D eigenvalue weighted by Crippen LogP contribution is 2.66. The van der Waals surface area contributed by atoms with Crippen molar-refractivity contribution in [2.45, 2.75) is 72.9 Å². The molecule has 6 aliphatic rings. The van der Waals surface area contributed by atoms with Gasteiger partial charge in [-0.1, -0.05) is 6.92 Å². The lowest BCUT2D eigenvalue weighted by atomic mass is 9.91. The first-order chi connectivity index (χ1) is 34.0. The van der Waals surface area contributed by atoms with Crippen LogP contribution in [0.25, 0.3) is 33.5 Å². The van der Waals surface area contributed by atoms with Crippen LogP contribution in [-0.4, -0.2) is 186 Å². The van der Waals surface area contributed by atoms with E-state index < -0.39 is 83.7 Å². The average Bonchev–Trinajstić information content (AvgIpc) is 4.23. The van der Waals surface area contributed by atoms with E-state index in [1.807, 2.05) is 6.92 Å². The van der Waals surface area contributed by atoms with Gasteiger partial charge in [0.15, 0.2) is 53.1 Å². The van der Waals surface area contributed by atoms with Gasteiger partial charge in [0.25, 0.3) is 0 Å². The van der Waals surface area contributed by atoms with E-state index in [-0.39, 0.29) is 67.5 Å². The summed E-state index contributed by atoms with van der Waals surface area (Å²) in [4.78, 5) is 72.4. The number of imidazole rings is 3. The Hall–Kier alpha value is -4.94. The molecule has 6 fully saturated rings. The molecule has 390 valence electrons. The summed E-state index contributed by atoms with van der Waals surface area (Å²) in [5.41, 5.74) is 16.5. The van der Waals surface area contributed by atoms with Crippen molar-refractivity contribution in [3.8, 4) is 0 Å². The number of hydrogen-bond acceptors (Lipinski definition) is 28. The number of nitrogen functional groups attached to an aromatic ring is 3. The predicted octanol–water partition coefficient (Wildman–Crippen LogP) is -3.09. The molecule has 6 saturated heterocycles. The molecule has 6 bridgehead atoms. The molecule has 14 N–H and O–H groups in total. The van der Waals surface area contributed by atoms with Crippen molar-refractivity contribution in [1.29, 1.82) is 0 Å². The highest BCUT2D eigenvalue weighted by Gasteiger charge is 2.64. The van der Waals surface area contributed by atoms with E-state index in [1.165, 1.54) is 36.2 Å². The zero-order valence-corrected chi connectivity index (χ0v) is 39.5. The van der Waals surface area contributed by atoms with E-state index in [0.29, 0.717) is 34.8 Å². The second kappa shape index (κ2) is 18.2. The molecule has 6 aromatic heterocycles. The fraction of sp³-hybridized carbons (Fsp3) is 0.559. The van der Waals surface area contributed by atoms with E-state index in [4.69, 9.17) is 55.4 Å². The maximum absolute atomic E-state index is 12.0. The largest absolute Gasteiger partial charge is 0.490 e. The van der Waals surface area contributed by atoms with Crippen LogP contribution in [0, 0.1) is 5.92 Å². The smallest absolute Gasteiger partial charge is 0.393 e. The standard InChI is InChI=1S/C12H15N5O3.C11H16N5O13P3.C11H13N5O4/c1-6-8-11(20-12(6,2-18)3-19-8)17-5-16-7-9(13)14-4-15-10(7)17;12-8-5-9(14-3-13-8)16(4-15-5)10-6-7(17)11(27-10,1-25-6)2-26-31(21,22)29-32(23,24)28-30(18,19)20;12-8-5-9(14-3-13-8)16(4-15-5)10-6-7(18)11(1-17,20-10)2-19-6/h4-6,8,11,18H,2-3H2,1H3,(H2,13,14,15);3-4,6-7,10,17H,1-2H2,(H,21,22)(H,23,24)(H2,12,13,14)(H2,18,19,20);3-4,6-7,10,17-18H,1-2H2,(H2,12,13,14)/t6?,8-,11+,12-;6-,7?,10+,11+;6-,7?,10+,11-/m000/s1. The lowest BCUT2D eigenvalue weighted by molar-refractivity contribution is -0.185. The number of nitrogens with zero attached hydrogens (tertiary/aromatic N) is 12. The molecular weight excluding hydrogens is 1030 g/mol. The van der Waals surface area contributed by atoms with Crippen LogP contribution in [-0.2, 0) is 55.3 Å². The highest BCUT2D eigenvalue weighted by molar-refractivity contribution is 7.66. The van der Waals surface area contributed by atoms with Crippen molar-refractivity contribution in [2.24, 2.45) is 5.92 Å². The number of aromatic nitrogens is 12. The molecule has 38 heteroatoms. The quantitative estimate of drug-likeness (QED) is 0.0541. The molecule has 0 amide bonds. The maximum atomic E-state index is 12.0. The summed E-state index contributed by atoms with van der Waals surface area (Å²) in [5.74, 6) is 0.813.